The average Bonchev–Trinajstić information content (AvgIpc) is 3.19. The van der Waals surface area contributed by atoms with Crippen LogP contribution in [0.1, 0.15) is 15.9 Å². The third-order valence-electron chi connectivity index (χ3n) is 3.87. The molecule has 2 aromatic rings. The first-order valence-corrected chi connectivity index (χ1v) is 8.32. The molecule has 3 rings (SSSR count). The van der Waals surface area contributed by atoms with E-state index >= 15 is 0 Å². The van der Waals surface area contributed by atoms with Crippen molar-refractivity contribution in [3.8, 4) is 23.0 Å². The second kappa shape index (κ2) is 8.76. The van der Waals surface area contributed by atoms with Crippen molar-refractivity contribution >= 4 is 18.0 Å². The normalized spacial score (nSPS) is 11.9. The third-order valence-corrected chi connectivity index (χ3v) is 3.87. The number of carbonyl (C=O) groups is 2. The fraction of sp³-hybridized carbons (Fsp3) is 0.211. The number of rotatable bonds is 7. The monoisotopic (exact) mass is 385 g/mol. The van der Waals surface area contributed by atoms with E-state index in [0.717, 1.165) is 0 Å². The van der Waals surface area contributed by atoms with Crippen molar-refractivity contribution in [2.45, 2.75) is 0 Å². The highest BCUT2D eigenvalue weighted by Crippen LogP contribution is 2.32. The highest BCUT2D eigenvalue weighted by Gasteiger charge is 2.16. The molecule has 0 aliphatic carbocycles. The predicted octanol–water partition coefficient (Wildman–Crippen LogP) is 1.31. The summed E-state index contributed by atoms with van der Waals surface area (Å²) in [7, 11) is 3.08. The Hall–Kier alpha value is -3.75. The molecule has 1 heterocycles. The third kappa shape index (κ3) is 4.50. The molecule has 1 aliphatic heterocycles. The van der Waals surface area contributed by atoms with E-state index in [9.17, 15) is 9.59 Å². The first-order valence-electron chi connectivity index (χ1n) is 8.32. The largest absolute Gasteiger partial charge is 0.497 e. The molecule has 9 nitrogen and oxygen atoms in total. The number of methoxy groups -OCH3 is 2. The van der Waals surface area contributed by atoms with Crippen molar-refractivity contribution in [1.82, 2.24) is 10.7 Å². The van der Waals surface area contributed by atoms with E-state index in [1.165, 1.54) is 13.3 Å². The summed E-state index contributed by atoms with van der Waals surface area (Å²) in [5.74, 6) is 1.39. The van der Waals surface area contributed by atoms with Gasteiger partial charge in [0, 0.05) is 11.1 Å². The molecule has 2 N–H and O–H groups in total. The SMILES string of the molecule is COc1ccc(OC)c(/C=N\NC(=O)CNC(=O)c2ccc3c(c2)OCO3)c1. The van der Waals surface area contributed by atoms with Crippen LogP contribution in [0, 0.1) is 0 Å². The van der Waals surface area contributed by atoms with Crippen molar-refractivity contribution in [1.29, 1.82) is 0 Å². The molecule has 9 heteroatoms. The molecule has 0 fully saturated rings. The number of benzene rings is 2. The lowest BCUT2D eigenvalue weighted by atomic mass is 10.2. The highest BCUT2D eigenvalue weighted by atomic mass is 16.7. The summed E-state index contributed by atoms with van der Waals surface area (Å²) >= 11 is 0. The summed E-state index contributed by atoms with van der Waals surface area (Å²) in [6.45, 7) is -0.112. The molecule has 0 saturated heterocycles. The van der Waals surface area contributed by atoms with Gasteiger partial charge in [-0.1, -0.05) is 0 Å². The molecule has 2 aromatic carbocycles. The maximum Gasteiger partial charge on any atom is 0.259 e. The van der Waals surface area contributed by atoms with Crippen LogP contribution in [0.15, 0.2) is 41.5 Å². The maximum absolute atomic E-state index is 12.1. The molecular weight excluding hydrogens is 366 g/mol. The lowest BCUT2D eigenvalue weighted by Gasteiger charge is -2.07. The molecular formula is C19H19N3O6. The quantitative estimate of drug-likeness (QED) is 0.550. The summed E-state index contributed by atoms with van der Waals surface area (Å²) in [6.07, 6.45) is 1.43. The number of hydrogen-bond acceptors (Lipinski definition) is 7. The summed E-state index contributed by atoms with van der Waals surface area (Å²) in [5, 5.41) is 6.39. The second-order valence-electron chi connectivity index (χ2n) is 5.65. The van der Waals surface area contributed by atoms with Gasteiger partial charge < -0.3 is 24.3 Å². The Bertz CT molecular complexity index is 913. The van der Waals surface area contributed by atoms with Crippen LogP contribution < -0.4 is 29.7 Å². The van der Waals surface area contributed by atoms with Crippen LogP contribution in [0.2, 0.25) is 0 Å². The van der Waals surface area contributed by atoms with Gasteiger partial charge in [0.1, 0.15) is 11.5 Å². The van der Waals surface area contributed by atoms with Crippen LogP contribution in [-0.2, 0) is 4.79 Å². The number of carbonyl (C=O) groups excluding carboxylic acids is 2. The topological polar surface area (TPSA) is 107 Å². The number of hydrogen-bond donors (Lipinski definition) is 2. The summed E-state index contributed by atoms with van der Waals surface area (Å²) in [4.78, 5) is 24.0. The van der Waals surface area contributed by atoms with Gasteiger partial charge in [-0.15, -0.1) is 0 Å². The van der Waals surface area contributed by atoms with Gasteiger partial charge in [-0.2, -0.15) is 5.10 Å². The molecule has 0 spiro atoms. The van der Waals surface area contributed by atoms with E-state index < -0.39 is 11.8 Å². The standard InChI is InChI=1S/C19H19N3O6/c1-25-14-4-6-15(26-2)13(7-14)9-21-22-18(23)10-20-19(24)12-3-5-16-17(8-12)28-11-27-16/h3-9H,10-11H2,1-2H3,(H,20,24)(H,22,23)/b21-9-. The van der Waals surface area contributed by atoms with Crippen LogP contribution in [0.3, 0.4) is 0 Å². The van der Waals surface area contributed by atoms with Crippen LogP contribution in [0.5, 0.6) is 23.0 Å². The van der Waals surface area contributed by atoms with E-state index in [0.29, 0.717) is 34.1 Å². The first kappa shape index (κ1) is 19.0. The molecule has 2 amide bonds. The molecule has 0 atom stereocenters. The molecule has 28 heavy (non-hydrogen) atoms. The predicted molar refractivity (Wildman–Crippen MR) is 100 cm³/mol. The van der Waals surface area contributed by atoms with Gasteiger partial charge >= 0.3 is 0 Å². The van der Waals surface area contributed by atoms with E-state index in [4.69, 9.17) is 18.9 Å². The van der Waals surface area contributed by atoms with E-state index in [-0.39, 0.29) is 13.3 Å². The maximum atomic E-state index is 12.1. The van der Waals surface area contributed by atoms with Crippen molar-refractivity contribution in [3.05, 3.63) is 47.5 Å². The minimum Gasteiger partial charge on any atom is -0.497 e. The molecule has 0 aromatic heterocycles. The number of nitrogens with zero attached hydrogens (tertiary/aromatic N) is 1. The lowest BCUT2D eigenvalue weighted by Crippen LogP contribution is -2.34. The van der Waals surface area contributed by atoms with Crippen molar-refractivity contribution < 1.29 is 28.5 Å². The fourth-order valence-corrected chi connectivity index (χ4v) is 2.45. The van der Waals surface area contributed by atoms with Gasteiger partial charge in [0.05, 0.1) is 27.0 Å². The Kier molecular flexibility index (Phi) is 5.95. The summed E-state index contributed by atoms with van der Waals surface area (Å²) in [6, 6.07) is 9.99. The number of amides is 2. The number of ether oxygens (including phenoxy) is 4. The Morgan fingerprint density at radius 3 is 2.71 bits per heavy atom. The number of hydrazone groups is 1. The zero-order valence-electron chi connectivity index (χ0n) is 15.4. The van der Waals surface area contributed by atoms with Crippen molar-refractivity contribution in [2.75, 3.05) is 27.6 Å². The smallest absolute Gasteiger partial charge is 0.259 e. The molecule has 0 unspecified atom stereocenters. The van der Waals surface area contributed by atoms with Gasteiger partial charge in [-0.3, -0.25) is 9.59 Å². The van der Waals surface area contributed by atoms with Crippen LogP contribution in [0.4, 0.5) is 0 Å². The van der Waals surface area contributed by atoms with Gasteiger partial charge in [0.2, 0.25) is 6.79 Å². The first-order chi connectivity index (χ1) is 13.6. The fourth-order valence-electron chi connectivity index (χ4n) is 2.45. The summed E-state index contributed by atoms with van der Waals surface area (Å²) < 4.78 is 20.8. The average molecular weight is 385 g/mol. The molecule has 146 valence electrons. The lowest BCUT2D eigenvalue weighted by molar-refractivity contribution is -0.120. The van der Waals surface area contributed by atoms with Crippen molar-refractivity contribution in [2.24, 2.45) is 5.10 Å². The zero-order valence-corrected chi connectivity index (χ0v) is 15.4. The number of fused-ring (bicyclic) bond motifs is 1. The Morgan fingerprint density at radius 1 is 1.11 bits per heavy atom. The van der Waals surface area contributed by atoms with Gasteiger partial charge in [-0.05, 0) is 36.4 Å². The minimum atomic E-state index is -0.479. The Balaban J connectivity index is 1.52. The van der Waals surface area contributed by atoms with E-state index in [2.05, 4.69) is 15.8 Å². The second-order valence-corrected chi connectivity index (χ2v) is 5.65. The van der Waals surface area contributed by atoms with Crippen LogP contribution in [0.25, 0.3) is 0 Å². The number of nitrogens with one attached hydrogen (secondary N) is 2. The van der Waals surface area contributed by atoms with E-state index in [1.54, 1.807) is 43.5 Å². The van der Waals surface area contributed by atoms with Gasteiger partial charge in [0.25, 0.3) is 11.8 Å². The van der Waals surface area contributed by atoms with Crippen LogP contribution >= 0.6 is 0 Å². The Labute approximate surface area is 161 Å². The summed E-state index contributed by atoms with van der Waals surface area (Å²) in [5.41, 5.74) is 3.34. The van der Waals surface area contributed by atoms with E-state index in [1.807, 2.05) is 0 Å². The highest BCUT2D eigenvalue weighted by molar-refractivity contribution is 5.97. The Morgan fingerprint density at radius 2 is 1.93 bits per heavy atom. The van der Waals surface area contributed by atoms with Crippen LogP contribution in [-0.4, -0.2) is 45.6 Å². The van der Waals surface area contributed by atoms with Gasteiger partial charge in [0.15, 0.2) is 11.5 Å². The molecule has 1 aliphatic rings. The minimum absolute atomic E-state index is 0.124. The van der Waals surface area contributed by atoms with Crippen molar-refractivity contribution in [3.63, 3.8) is 0 Å². The zero-order chi connectivity index (χ0) is 19.9. The molecule has 0 bridgehead atoms. The molecule has 0 radical (unpaired) electrons. The molecule has 0 saturated carbocycles. The van der Waals surface area contributed by atoms with Gasteiger partial charge in [-0.25, -0.2) is 5.43 Å².